The zero-order valence-corrected chi connectivity index (χ0v) is 21.7. The summed E-state index contributed by atoms with van der Waals surface area (Å²) in [6, 6.07) is 50.5. The van der Waals surface area contributed by atoms with Crippen molar-refractivity contribution >= 4 is 27.8 Å². The fourth-order valence-corrected chi connectivity index (χ4v) is 6.25. The molecule has 1 heteroatoms. The molecule has 0 amide bonds. The Morgan fingerprint density at radius 1 is 0.526 bits per heavy atom. The summed E-state index contributed by atoms with van der Waals surface area (Å²) in [5.74, 6) is 0. The minimum absolute atomic E-state index is 0.130. The summed E-state index contributed by atoms with van der Waals surface area (Å²) in [5.41, 5.74) is 11.3. The fourth-order valence-electron chi connectivity index (χ4n) is 6.25. The van der Waals surface area contributed by atoms with E-state index in [2.05, 4.69) is 158 Å². The summed E-state index contributed by atoms with van der Waals surface area (Å²) in [5, 5.41) is 2.59. The van der Waals surface area contributed by atoms with Gasteiger partial charge in [0.05, 0.1) is 5.69 Å². The van der Waals surface area contributed by atoms with E-state index in [1.807, 2.05) is 0 Å². The lowest BCUT2D eigenvalue weighted by Gasteiger charge is -2.30. The maximum atomic E-state index is 2.42. The zero-order valence-electron chi connectivity index (χ0n) is 21.7. The van der Waals surface area contributed by atoms with E-state index < -0.39 is 0 Å². The Bertz CT molecular complexity index is 1730. The summed E-state index contributed by atoms with van der Waals surface area (Å²) in [6.07, 6.45) is 0. The first-order valence-corrected chi connectivity index (χ1v) is 13.3. The minimum atomic E-state index is -0.130. The summed E-state index contributed by atoms with van der Waals surface area (Å²) in [6.45, 7) is 4.76. The SMILES string of the molecule is CC1(C)c2ccc(-c3ccccc3)cc2-c2c(N(c3ccccc3)c3ccccc3)cc3ccccc3c21. The molecule has 0 saturated heterocycles. The lowest BCUT2D eigenvalue weighted by atomic mass is 9.80. The molecule has 6 aromatic rings. The minimum Gasteiger partial charge on any atom is -0.310 e. The van der Waals surface area contributed by atoms with Gasteiger partial charge >= 0.3 is 0 Å². The van der Waals surface area contributed by atoms with Crippen LogP contribution in [0, 0.1) is 0 Å². The van der Waals surface area contributed by atoms with Gasteiger partial charge in [0.15, 0.2) is 0 Å². The molecule has 38 heavy (non-hydrogen) atoms. The van der Waals surface area contributed by atoms with Gasteiger partial charge in [0.1, 0.15) is 0 Å². The number of para-hydroxylation sites is 2. The second-order valence-electron chi connectivity index (χ2n) is 10.6. The molecule has 6 aromatic carbocycles. The second-order valence-corrected chi connectivity index (χ2v) is 10.6. The maximum Gasteiger partial charge on any atom is 0.0549 e. The van der Waals surface area contributed by atoms with E-state index in [0.29, 0.717) is 0 Å². The van der Waals surface area contributed by atoms with Crippen molar-refractivity contribution in [1.29, 1.82) is 0 Å². The normalized spacial score (nSPS) is 13.2. The number of nitrogens with zero attached hydrogens (tertiary/aromatic N) is 1. The van der Waals surface area contributed by atoms with Gasteiger partial charge in [-0.3, -0.25) is 0 Å². The molecule has 0 saturated carbocycles. The monoisotopic (exact) mass is 487 g/mol. The van der Waals surface area contributed by atoms with Gasteiger partial charge in [0, 0.05) is 22.4 Å². The van der Waals surface area contributed by atoms with Crippen LogP contribution in [-0.4, -0.2) is 0 Å². The first kappa shape index (κ1) is 22.6. The van der Waals surface area contributed by atoms with Crippen molar-refractivity contribution in [3.8, 4) is 22.3 Å². The van der Waals surface area contributed by atoms with Crippen LogP contribution in [0.5, 0.6) is 0 Å². The molecular weight excluding hydrogens is 458 g/mol. The van der Waals surface area contributed by atoms with E-state index >= 15 is 0 Å². The molecule has 0 spiro atoms. The van der Waals surface area contributed by atoms with Gasteiger partial charge in [0.2, 0.25) is 0 Å². The third kappa shape index (κ3) is 3.47. The van der Waals surface area contributed by atoms with E-state index in [4.69, 9.17) is 0 Å². The molecule has 0 atom stereocenters. The molecule has 0 unspecified atom stereocenters. The van der Waals surface area contributed by atoms with Crippen LogP contribution in [0.2, 0.25) is 0 Å². The largest absolute Gasteiger partial charge is 0.310 e. The van der Waals surface area contributed by atoms with Crippen molar-refractivity contribution in [2.75, 3.05) is 4.90 Å². The Morgan fingerprint density at radius 3 is 1.76 bits per heavy atom. The average Bonchev–Trinajstić information content (AvgIpc) is 3.21. The highest BCUT2D eigenvalue weighted by Gasteiger charge is 2.39. The Balaban J connectivity index is 1.59. The molecule has 1 aliphatic rings. The van der Waals surface area contributed by atoms with Crippen LogP contribution < -0.4 is 4.90 Å². The molecule has 0 N–H and O–H groups in total. The Morgan fingerprint density at radius 2 is 1.11 bits per heavy atom. The fraction of sp³-hybridized carbons (Fsp3) is 0.0811. The van der Waals surface area contributed by atoms with E-state index in [9.17, 15) is 0 Å². The lowest BCUT2D eigenvalue weighted by Crippen LogP contribution is -2.16. The van der Waals surface area contributed by atoms with E-state index in [1.54, 1.807) is 0 Å². The molecule has 1 aliphatic carbocycles. The van der Waals surface area contributed by atoms with E-state index in [1.165, 1.54) is 49.8 Å². The summed E-state index contributed by atoms with van der Waals surface area (Å²) >= 11 is 0. The van der Waals surface area contributed by atoms with Crippen LogP contribution in [0.25, 0.3) is 33.0 Å². The molecular formula is C37H29N. The maximum absolute atomic E-state index is 2.42. The third-order valence-corrected chi connectivity index (χ3v) is 7.99. The number of hydrogen-bond donors (Lipinski definition) is 0. The first-order chi connectivity index (χ1) is 18.6. The summed E-state index contributed by atoms with van der Waals surface area (Å²) in [7, 11) is 0. The molecule has 0 radical (unpaired) electrons. The Kier molecular flexibility index (Phi) is 5.19. The smallest absolute Gasteiger partial charge is 0.0549 e. The second kappa shape index (κ2) is 8.75. The van der Waals surface area contributed by atoms with Gasteiger partial charge in [-0.2, -0.15) is 0 Å². The topological polar surface area (TPSA) is 3.24 Å². The first-order valence-electron chi connectivity index (χ1n) is 13.3. The van der Waals surface area contributed by atoms with Gasteiger partial charge in [0.25, 0.3) is 0 Å². The third-order valence-electron chi connectivity index (χ3n) is 7.99. The van der Waals surface area contributed by atoms with Gasteiger partial charge in [-0.15, -0.1) is 0 Å². The van der Waals surface area contributed by atoms with Crippen LogP contribution in [0.3, 0.4) is 0 Å². The zero-order chi connectivity index (χ0) is 25.7. The molecule has 0 aliphatic heterocycles. The highest BCUT2D eigenvalue weighted by molar-refractivity contribution is 6.06. The van der Waals surface area contributed by atoms with Gasteiger partial charge in [-0.25, -0.2) is 0 Å². The van der Waals surface area contributed by atoms with Crippen molar-refractivity contribution in [3.05, 3.63) is 151 Å². The Hall–Kier alpha value is -4.62. The van der Waals surface area contributed by atoms with Gasteiger partial charge in [-0.1, -0.05) is 117 Å². The van der Waals surface area contributed by atoms with Crippen LogP contribution in [0.4, 0.5) is 17.1 Å². The summed E-state index contributed by atoms with van der Waals surface area (Å²) in [4.78, 5) is 2.42. The molecule has 0 bridgehead atoms. The molecule has 7 rings (SSSR count). The number of rotatable bonds is 4. The van der Waals surface area contributed by atoms with Crippen molar-refractivity contribution in [2.45, 2.75) is 19.3 Å². The van der Waals surface area contributed by atoms with Crippen LogP contribution in [0.15, 0.2) is 140 Å². The molecule has 0 aromatic heterocycles. The van der Waals surface area contributed by atoms with Crippen LogP contribution >= 0.6 is 0 Å². The molecule has 1 nitrogen and oxygen atoms in total. The number of benzene rings is 6. The highest BCUT2D eigenvalue weighted by Crippen LogP contribution is 2.57. The van der Waals surface area contributed by atoms with Crippen molar-refractivity contribution in [2.24, 2.45) is 0 Å². The van der Waals surface area contributed by atoms with Gasteiger partial charge in [-0.05, 0) is 75.0 Å². The van der Waals surface area contributed by atoms with Crippen molar-refractivity contribution in [1.82, 2.24) is 0 Å². The highest BCUT2D eigenvalue weighted by atomic mass is 15.1. The van der Waals surface area contributed by atoms with Gasteiger partial charge < -0.3 is 4.90 Å². The quantitative estimate of drug-likeness (QED) is 0.239. The predicted octanol–water partition coefficient (Wildman–Crippen LogP) is 10.3. The Labute approximate surface area is 224 Å². The predicted molar refractivity (Wildman–Crippen MR) is 162 cm³/mol. The van der Waals surface area contributed by atoms with Crippen LogP contribution in [-0.2, 0) is 5.41 Å². The molecule has 0 heterocycles. The average molecular weight is 488 g/mol. The summed E-state index contributed by atoms with van der Waals surface area (Å²) < 4.78 is 0. The van der Waals surface area contributed by atoms with Crippen molar-refractivity contribution < 1.29 is 0 Å². The molecule has 0 fully saturated rings. The molecule has 182 valence electrons. The van der Waals surface area contributed by atoms with Crippen LogP contribution in [0.1, 0.15) is 25.0 Å². The van der Waals surface area contributed by atoms with E-state index in [0.717, 1.165) is 11.4 Å². The van der Waals surface area contributed by atoms with E-state index in [-0.39, 0.29) is 5.41 Å². The lowest BCUT2D eigenvalue weighted by molar-refractivity contribution is 0.666. The number of anilines is 3. The number of fused-ring (bicyclic) bond motifs is 5. The number of hydrogen-bond acceptors (Lipinski definition) is 1. The standard InChI is InChI=1S/C37H29N/c1-37(2)33-23-22-27(26-14-6-3-7-15-26)24-32(33)35-34(25-28-16-12-13-21-31(28)36(35)37)38(29-17-8-4-9-18-29)30-19-10-5-11-20-30/h3-25H,1-2H3. The van der Waals surface area contributed by atoms with Crippen molar-refractivity contribution in [3.63, 3.8) is 0 Å².